The predicted molar refractivity (Wildman–Crippen MR) is 68.9 cm³/mol. The van der Waals surface area contributed by atoms with E-state index in [4.69, 9.17) is 14.2 Å². The highest BCUT2D eigenvalue weighted by atomic mass is 19.1. The maximum absolute atomic E-state index is 13.9. The number of aryl methyl sites for hydroxylation is 1. The SMILES string of the molecule is Cc1cccc(OC2CCOC3(CCOC3)C2)c1F. The molecule has 19 heavy (non-hydrogen) atoms. The third kappa shape index (κ3) is 2.60. The van der Waals surface area contributed by atoms with Crippen molar-refractivity contribution >= 4 is 0 Å². The predicted octanol–water partition coefficient (Wildman–Crippen LogP) is 2.85. The van der Waals surface area contributed by atoms with Crippen molar-refractivity contribution in [2.45, 2.75) is 37.9 Å². The molecule has 2 atom stereocenters. The Balaban J connectivity index is 1.71. The molecule has 2 unspecified atom stereocenters. The summed E-state index contributed by atoms with van der Waals surface area (Å²) in [6, 6.07) is 5.26. The minimum Gasteiger partial charge on any atom is -0.487 e. The molecule has 2 fully saturated rings. The van der Waals surface area contributed by atoms with Crippen LogP contribution in [0, 0.1) is 12.7 Å². The van der Waals surface area contributed by atoms with E-state index in [9.17, 15) is 4.39 Å². The standard InChI is InChI=1S/C15H19FO3/c1-11-3-2-4-13(14(11)16)19-12-5-7-18-15(9-12)6-8-17-10-15/h2-4,12H,5-10H2,1H3. The van der Waals surface area contributed by atoms with Gasteiger partial charge in [0.1, 0.15) is 6.10 Å². The number of hydrogen-bond acceptors (Lipinski definition) is 3. The molecule has 0 saturated carbocycles. The van der Waals surface area contributed by atoms with E-state index in [-0.39, 0.29) is 17.5 Å². The van der Waals surface area contributed by atoms with Gasteiger partial charge in [-0.2, -0.15) is 0 Å². The van der Waals surface area contributed by atoms with E-state index in [1.165, 1.54) is 0 Å². The van der Waals surface area contributed by atoms with Crippen molar-refractivity contribution in [1.82, 2.24) is 0 Å². The minimum absolute atomic E-state index is 0.00625. The topological polar surface area (TPSA) is 27.7 Å². The number of halogens is 1. The molecule has 0 radical (unpaired) electrons. The van der Waals surface area contributed by atoms with Gasteiger partial charge in [0.2, 0.25) is 0 Å². The largest absolute Gasteiger partial charge is 0.487 e. The zero-order valence-corrected chi connectivity index (χ0v) is 11.2. The van der Waals surface area contributed by atoms with E-state index < -0.39 is 0 Å². The van der Waals surface area contributed by atoms with Crippen LogP contribution in [0.2, 0.25) is 0 Å². The molecule has 3 nitrogen and oxygen atoms in total. The molecule has 104 valence electrons. The highest BCUT2D eigenvalue weighted by Gasteiger charge is 2.41. The van der Waals surface area contributed by atoms with Crippen LogP contribution in [0.15, 0.2) is 18.2 Å². The average molecular weight is 266 g/mol. The van der Waals surface area contributed by atoms with Crippen molar-refractivity contribution in [3.63, 3.8) is 0 Å². The summed E-state index contributed by atoms with van der Waals surface area (Å²) in [5.74, 6) is 0.0895. The second-order valence-corrected chi connectivity index (χ2v) is 5.45. The zero-order valence-electron chi connectivity index (χ0n) is 11.2. The van der Waals surface area contributed by atoms with Crippen LogP contribution in [0.1, 0.15) is 24.8 Å². The molecule has 0 aliphatic carbocycles. The van der Waals surface area contributed by atoms with Gasteiger partial charge in [-0.05, 0) is 18.6 Å². The Morgan fingerprint density at radius 1 is 1.37 bits per heavy atom. The summed E-state index contributed by atoms with van der Waals surface area (Å²) in [5, 5.41) is 0. The van der Waals surface area contributed by atoms with Crippen LogP contribution in [-0.4, -0.2) is 31.5 Å². The summed E-state index contributed by atoms with van der Waals surface area (Å²) in [6.45, 7) is 3.77. The molecule has 0 amide bonds. The van der Waals surface area contributed by atoms with E-state index in [1.54, 1.807) is 19.1 Å². The lowest BCUT2D eigenvalue weighted by molar-refractivity contribution is -0.112. The first-order valence-corrected chi connectivity index (χ1v) is 6.82. The summed E-state index contributed by atoms with van der Waals surface area (Å²) in [6.07, 6.45) is 2.49. The van der Waals surface area contributed by atoms with Gasteiger partial charge < -0.3 is 14.2 Å². The Kier molecular flexibility index (Phi) is 3.46. The van der Waals surface area contributed by atoms with E-state index in [1.807, 2.05) is 6.07 Å². The van der Waals surface area contributed by atoms with Crippen LogP contribution >= 0.6 is 0 Å². The minimum atomic E-state index is -0.259. The summed E-state index contributed by atoms with van der Waals surface area (Å²) in [4.78, 5) is 0. The van der Waals surface area contributed by atoms with Crippen molar-refractivity contribution in [1.29, 1.82) is 0 Å². The van der Waals surface area contributed by atoms with Gasteiger partial charge >= 0.3 is 0 Å². The second-order valence-electron chi connectivity index (χ2n) is 5.45. The van der Waals surface area contributed by atoms with E-state index in [0.717, 1.165) is 25.9 Å². The molecule has 2 saturated heterocycles. The van der Waals surface area contributed by atoms with Gasteiger partial charge in [0.05, 0.1) is 18.8 Å². The Labute approximate surface area is 112 Å². The number of rotatable bonds is 2. The van der Waals surface area contributed by atoms with Gasteiger partial charge in [-0.1, -0.05) is 12.1 Å². The molecule has 4 heteroatoms. The van der Waals surface area contributed by atoms with Crippen molar-refractivity contribution in [2.24, 2.45) is 0 Å². The van der Waals surface area contributed by atoms with Gasteiger partial charge in [0.25, 0.3) is 0 Å². The Bertz CT molecular complexity index is 455. The molecule has 0 aromatic heterocycles. The maximum atomic E-state index is 13.9. The molecule has 0 bridgehead atoms. The summed E-state index contributed by atoms with van der Waals surface area (Å²) in [5.41, 5.74) is 0.409. The van der Waals surface area contributed by atoms with Crippen LogP contribution in [0.5, 0.6) is 5.75 Å². The van der Waals surface area contributed by atoms with Crippen LogP contribution in [0.3, 0.4) is 0 Å². The van der Waals surface area contributed by atoms with Crippen molar-refractivity contribution in [3.8, 4) is 5.75 Å². The third-order valence-corrected chi connectivity index (χ3v) is 3.96. The lowest BCUT2D eigenvalue weighted by Crippen LogP contribution is -2.44. The molecule has 2 heterocycles. The number of ether oxygens (including phenoxy) is 3. The third-order valence-electron chi connectivity index (χ3n) is 3.96. The van der Waals surface area contributed by atoms with E-state index >= 15 is 0 Å². The molecule has 1 aromatic carbocycles. The Hall–Kier alpha value is -1.13. The fourth-order valence-electron chi connectivity index (χ4n) is 2.84. The Morgan fingerprint density at radius 3 is 3.05 bits per heavy atom. The first kappa shape index (κ1) is 12.9. The van der Waals surface area contributed by atoms with Gasteiger partial charge in [0, 0.05) is 25.9 Å². The van der Waals surface area contributed by atoms with Gasteiger partial charge in [0.15, 0.2) is 11.6 Å². The highest BCUT2D eigenvalue weighted by Crippen LogP contribution is 2.35. The van der Waals surface area contributed by atoms with Gasteiger partial charge in [-0.15, -0.1) is 0 Å². The smallest absolute Gasteiger partial charge is 0.167 e. The second kappa shape index (κ2) is 5.10. The van der Waals surface area contributed by atoms with Crippen LogP contribution in [0.25, 0.3) is 0 Å². The Morgan fingerprint density at radius 2 is 2.26 bits per heavy atom. The molecule has 0 N–H and O–H groups in total. The molecular formula is C15H19FO3. The fraction of sp³-hybridized carbons (Fsp3) is 0.600. The maximum Gasteiger partial charge on any atom is 0.167 e. The average Bonchev–Trinajstić information content (AvgIpc) is 2.83. The van der Waals surface area contributed by atoms with Crippen molar-refractivity contribution < 1.29 is 18.6 Å². The molecule has 2 aliphatic heterocycles. The summed E-state index contributed by atoms with van der Waals surface area (Å²) < 4.78 is 31.1. The van der Waals surface area contributed by atoms with Gasteiger partial charge in [-0.3, -0.25) is 0 Å². The highest BCUT2D eigenvalue weighted by molar-refractivity contribution is 5.30. The molecule has 2 aliphatic rings. The number of hydrogen-bond donors (Lipinski definition) is 0. The monoisotopic (exact) mass is 266 g/mol. The zero-order chi connectivity index (χ0) is 13.3. The summed E-state index contributed by atoms with van der Waals surface area (Å²) in [7, 11) is 0. The molecule has 3 rings (SSSR count). The number of benzene rings is 1. The fourth-order valence-corrected chi connectivity index (χ4v) is 2.84. The van der Waals surface area contributed by atoms with Crippen molar-refractivity contribution in [2.75, 3.05) is 19.8 Å². The molecule has 1 aromatic rings. The van der Waals surface area contributed by atoms with Gasteiger partial charge in [-0.25, -0.2) is 4.39 Å². The first-order valence-electron chi connectivity index (χ1n) is 6.82. The first-order chi connectivity index (χ1) is 9.19. The van der Waals surface area contributed by atoms with E-state index in [2.05, 4.69) is 0 Å². The van der Waals surface area contributed by atoms with Crippen LogP contribution in [0.4, 0.5) is 4.39 Å². The van der Waals surface area contributed by atoms with E-state index in [0.29, 0.717) is 24.5 Å². The molecular weight excluding hydrogens is 247 g/mol. The quantitative estimate of drug-likeness (QED) is 0.824. The van der Waals surface area contributed by atoms with Crippen LogP contribution in [-0.2, 0) is 9.47 Å². The van der Waals surface area contributed by atoms with Crippen molar-refractivity contribution in [3.05, 3.63) is 29.6 Å². The summed E-state index contributed by atoms with van der Waals surface area (Å²) >= 11 is 0. The lowest BCUT2D eigenvalue weighted by Gasteiger charge is -2.37. The lowest BCUT2D eigenvalue weighted by atomic mass is 9.91. The van der Waals surface area contributed by atoms with Crippen LogP contribution < -0.4 is 4.74 Å². The molecule has 1 spiro atoms. The normalized spacial score (nSPS) is 30.7.